The maximum absolute atomic E-state index is 12.7. The molecule has 0 aliphatic rings. The van der Waals surface area contributed by atoms with Crippen LogP contribution < -0.4 is 10.1 Å². The number of nitrogens with one attached hydrogen (secondary N) is 1. The van der Waals surface area contributed by atoms with Crippen LogP contribution in [0.3, 0.4) is 0 Å². The van der Waals surface area contributed by atoms with Crippen molar-refractivity contribution in [2.24, 2.45) is 7.05 Å². The second-order valence-electron chi connectivity index (χ2n) is 5.96. The zero-order chi connectivity index (χ0) is 18.5. The minimum absolute atomic E-state index is 0.204. The summed E-state index contributed by atoms with van der Waals surface area (Å²) in [5.74, 6) is 1.20. The van der Waals surface area contributed by atoms with Gasteiger partial charge in [0.05, 0.1) is 0 Å². The number of amides is 1. The van der Waals surface area contributed by atoms with Gasteiger partial charge in [0.15, 0.2) is 6.10 Å². The van der Waals surface area contributed by atoms with Gasteiger partial charge in [0.2, 0.25) is 0 Å². The number of ether oxygens (including phenoxy) is 1. The highest BCUT2D eigenvalue weighted by Crippen LogP contribution is 2.21. The van der Waals surface area contributed by atoms with Gasteiger partial charge in [0.25, 0.3) is 5.91 Å². The SMILES string of the molecule is C[C@@H](Oc1ccc(Br)cc1)C(=O)N[C@H](c1ccccc1)c1nccn1C. The number of hydrogen-bond acceptors (Lipinski definition) is 3. The van der Waals surface area contributed by atoms with Crippen LogP contribution in [-0.2, 0) is 11.8 Å². The molecule has 5 nitrogen and oxygen atoms in total. The number of halogens is 1. The lowest BCUT2D eigenvalue weighted by Crippen LogP contribution is -2.39. The van der Waals surface area contributed by atoms with Gasteiger partial charge in [-0.2, -0.15) is 0 Å². The fraction of sp³-hybridized carbons (Fsp3) is 0.200. The molecule has 1 heterocycles. The van der Waals surface area contributed by atoms with E-state index in [1.807, 2.05) is 72.4 Å². The van der Waals surface area contributed by atoms with E-state index in [9.17, 15) is 4.79 Å². The first-order valence-corrected chi connectivity index (χ1v) is 9.08. The van der Waals surface area contributed by atoms with E-state index in [0.29, 0.717) is 5.75 Å². The first kappa shape index (κ1) is 18.2. The van der Waals surface area contributed by atoms with E-state index in [-0.39, 0.29) is 11.9 Å². The van der Waals surface area contributed by atoms with Crippen molar-refractivity contribution in [2.75, 3.05) is 0 Å². The molecule has 6 heteroatoms. The molecule has 2 atom stereocenters. The predicted molar refractivity (Wildman–Crippen MR) is 104 cm³/mol. The van der Waals surface area contributed by atoms with Crippen molar-refractivity contribution in [3.05, 3.63) is 82.9 Å². The number of nitrogens with zero attached hydrogens (tertiary/aromatic N) is 2. The normalized spacial score (nSPS) is 13.0. The van der Waals surface area contributed by atoms with Gasteiger partial charge < -0.3 is 14.6 Å². The molecule has 0 aliphatic carbocycles. The number of aromatic nitrogens is 2. The van der Waals surface area contributed by atoms with Crippen molar-refractivity contribution in [3.8, 4) is 5.75 Å². The monoisotopic (exact) mass is 413 g/mol. The second-order valence-corrected chi connectivity index (χ2v) is 6.88. The number of hydrogen-bond donors (Lipinski definition) is 1. The van der Waals surface area contributed by atoms with Gasteiger partial charge in [0.1, 0.15) is 17.6 Å². The third kappa shape index (κ3) is 4.32. The molecule has 1 amide bonds. The summed E-state index contributed by atoms with van der Waals surface area (Å²) in [5, 5.41) is 3.05. The quantitative estimate of drug-likeness (QED) is 0.667. The maximum atomic E-state index is 12.7. The minimum atomic E-state index is -0.636. The Labute approximate surface area is 161 Å². The average Bonchev–Trinajstić information content (AvgIpc) is 3.07. The maximum Gasteiger partial charge on any atom is 0.261 e. The molecule has 0 unspecified atom stereocenters. The molecule has 1 N–H and O–H groups in total. The van der Waals surface area contributed by atoms with Crippen molar-refractivity contribution in [2.45, 2.75) is 19.1 Å². The Balaban J connectivity index is 1.77. The molecular weight excluding hydrogens is 394 g/mol. The molecule has 0 saturated heterocycles. The van der Waals surface area contributed by atoms with Crippen LogP contribution in [0.5, 0.6) is 5.75 Å². The smallest absolute Gasteiger partial charge is 0.261 e. The standard InChI is InChI=1S/C20H20BrN3O2/c1-14(26-17-10-8-16(21)9-11-17)20(25)23-18(15-6-4-3-5-7-15)19-22-12-13-24(19)2/h3-14,18H,1-2H3,(H,23,25)/t14-,18-/m1/s1. The van der Waals surface area contributed by atoms with E-state index < -0.39 is 6.10 Å². The predicted octanol–water partition coefficient (Wildman–Crippen LogP) is 3.86. The first-order valence-electron chi connectivity index (χ1n) is 8.29. The van der Waals surface area contributed by atoms with Gasteiger partial charge in [-0.15, -0.1) is 0 Å². The fourth-order valence-electron chi connectivity index (χ4n) is 2.63. The molecule has 0 fully saturated rings. The third-order valence-corrected chi connectivity index (χ3v) is 4.56. The van der Waals surface area contributed by atoms with Gasteiger partial charge in [-0.1, -0.05) is 46.3 Å². The molecule has 3 aromatic rings. The van der Waals surface area contributed by atoms with E-state index in [2.05, 4.69) is 26.2 Å². The number of rotatable bonds is 6. The summed E-state index contributed by atoms with van der Waals surface area (Å²) in [6, 6.07) is 16.8. The van der Waals surface area contributed by atoms with Gasteiger partial charge in [0, 0.05) is 23.9 Å². The topological polar surface area (TPSA) is 56.1 Å². The largest absolute Gasteiger partial charge is 0.481 e. The lowest BCUT2D eigenvalue weighted by Gasteiger charge is -2.22. The summed E-state index contributed by atoms with van der Waals surface area (Å²) in [5.41, 5.74) is 0.964. The summed E-state index contributed by atoms with van der Waals surface area (Å²) in [6.07, 6.45) is 2.95. The Bertz CT molecular complexity index is 862. The van der Waals surface area contributed by atoms with Crippen LogP contribution in [0, 0.1) is 0 Å². The molecule has 0 spiro atoms. The summed E-state index contributed by atoms with van der Waals surface area (Å²) < 4.78 is 8.62. The van der Waals surface area contributed by atoms with Crippen LogP contribution in [0.25, 0.3) is 0 Å². The minimum Gasteiger partial charge on any atom is -0.481 e. The summed E-state index contributed by atoms with van der Waals surface area (Å²) >= 11 is 3.38. The first-order chi connectivity index (χ1) is 12.5. The van der Waals surface area contributed by atoms with Crippen molar-refractivity contribution in [1.82, 2.24) is 14.9 Å². The van der Waals surface area contributed by atoms with Crippen molar-refractivity contribution >= 4 is 21.8 Å². The summed E-state index contributed by atoms with van der Waals surface area (Å²) in [4.78, 5) is 17.1. The van der Waals surface area contributed by atoms with E-state index in [1.54, 1.807) is 13.1 Å². The van der Waals surface area contributed by atoms with Crippen LogP contribution in [-0.4, -0.2) is 21.6 Å². The molecule has 0 saturated carbocycles. The molecule has 3 rings (SSSR count). The molecule has 0 aliphatic heterocycles. The number of carbonyl (C=O) groups is 1. The second kappa shape index (κ2) is 8.19. The Morgan fingerprint density at radius 1 is 1.15 bits per heavy atom. The van der Waals surface area contributed by atoms with Gasteiger partial charge in [-0.05, 0) is 36.8 Å². The molecule has 0 bridgehead atoms. The number of benzene rings is 2. The van der Waals surface area contributed by atoms with Gasteiger partial charge in [-0.25, -0.2) is 4.98 Å². The van der Waals surface area contributed by atoms with E-state index in [1.165, 1.54) is 0 Å². The van der Waals surface area contributed by atoms with Crippen molar-refractivity contribution in [1.29, 1.82) is 0 Å². The van der Waals surface area contributed by atoms with Crippen LogP contribution >= 0.6 is 15.9 Å². The van der Waals surface area contributed by atoms with E-state index in [0.717, 1.165) is 15.9 Å². The fourth-order valence-corrected chi connectivity index (χ4v) is 2.89. The Morgan fingerprint density at radius 2 is 1.85 bits per heavy atom. The average molecular weight is 414 g/mol. The van der Waals surface area contributed by atoms with Crippen molar-refractivity contribution in [3.63, 3.8) is 0 Å². The highest BCUT2D eigenvalue weighted by molar-refractivity contribution is 9.10. The lowest BCUT2D eigenvalue weighted by atomic mass is 10.1. The third-order valence-electron chi connectivity index (χ3n) is 4.03. The zero-order valence-corrected chi connectivity index (χ0v) is 16.2. The number of imidazole rings is 1. The molecule has 1 aromatic heterocycles. The highest BCUT2D eigenvalue weighted by atomic mass is 79.9. The summed E-state index contributed by atoms with van der Waals surface area (Å²) in [6.45, 7) is 1.73. The van der Waals surface area contributed by atoms with Gasteiger partial charge >= 0.3 is 0 Å². The van der Waals surface area contributed by atoms with Crippen LogP contribution in [0.15, 0.2) is 71.5 Å². The zero-order valence-electron chi connectivity index (χ0n) is 14.6. The van der Waals surface area contributed by atoms with Crippen LogP contribution in [0.4, 0.5) is 0 Å². The van der Waals surface area contributed by atoms with Gasteiger partial charge in [-0.3, -0.25) is 4.79 Å². The highest BCUT2D eigenvalue weighted by Gasteiger charge is 2.24. The Hall–Kier alpha value is -2.60. The molecule has 0 radical (unpaired) electrons. The molecular formula is C20H20BrN3O2. The molecule has 2 aromatic carbocycles. The van der Waals surface area contributed by atoms with Crippen molar-refractivity contribution < 1.29 is 9.53 Å². The Morgan fingerprint density at radius 3 is 2.46 bits per heavy atom. The summed E-state index contributed by atoms with van der Waals surface area (Å²) in [7, 11) is 1.91. The number of carbonyl (C=O) groups excluding carboxylic acids is 1. The lowest BCUT2D eigenvalue weighted by molar-refractivity contribution is -0.127. The Kier molecular flexibility index (Phi) is 5.73. The van der Waals surface area contributed by atoms with E-state index in [4.69, 9.17) is 4.74 Å². The van der Waals surface area contributed by atoms with Crippen LogP contribution in [0.2, 0.25) is 0 Å². The van der Waals surface area contributed by atoms with E-state index >= 15 is 0 Å². The number of aryl methyl sites for hydroxylation is 1. The van der Waals surface area contributed by atoms with Crippen LogP contribution in [0.1, 0.15) is 24.4 Å². The molecule has 26 heavy (non-hydrogen) atoms. The molecule has 134 valence electrons.